The summed E-state index contributed by atoms with van der Waals surface area (Å²) in [6.45, 7) is 6.73. The number of hydrogen-bond acceptors (Lipinski definition) is 4. The van der Waals surface area contributed by atoms with Gasteiger partial charge < -0.3 is 4.98 Å². The zero-order valence-electron chi connectivity index (χ0n) is 15.4. The highest BCUT2D eigenvalue weighted by atomic mass is 32.1. The van der Waals surface area contributed by atoms with Crippen LogP contribution in [0, 0.1) is 5.92 Å². The number of rotatable bonds is 2. The van der Waals surface area contributed by atoms with Crippen LogP contribution in [0.25, 0.3) is 10.2 Å². The van der Waals surface area contributed by atoms with Crippen molar-refractivity contribution in [2.75, 3.05) is 13.1 Å². The Labute approximate surface area is 153 Å². The first-order chi connectivity index (χ1) is 12.1. The Balaban J connectivity index is 1.67. The fraction of sp³-hybridized carbons (Fsp3) is 0.700. The maximum atomic E-state index is 12.8. The van der Waals surface area contributed by atoms with Crippen LogP contribution >= 0.6 is 11.3 Å². The van der Waals surface area contributed by atoms with Crippen LogP contribution in [0.2, 0.25) is 0 Å². The highest BCUT2D eigenvalue weighted by Crippen LogP contribution is 2.36. The maximum absolute atomic E-state index is 12.8. The number of H-pyrrole nitrogens is 1. The van der Waals surface area contributed by atoms with Gasteiger partial charge in [0, 0.05) is 4.88 Å². The minimum Gasteiger partial charge on any atom is -0.309 e. The van der Waals surface area contributed by atoms with Crippen LogP contribution in [-0.4, -0.2) is 28.0 Å². The fourth-order valence-corrected chi connectivity index (χ4v) is 5.79. The molecule has 0 amide bonds. The van der Waals surface area contributed by atoms with Gasteiger partial charge in [-0.15, -0.1) is 11.3 Å². The monoisotopic (exact) mass is 359 g/mol. The molecule has 136 valence electrons. The molecule has 1 aliphatic heterocycles. The summed E-state index contributed by atoms with van der Waals surface area (Å²) in [4.78, 5) is 25.7. The number of fused-ring (bicyclic) bond motifs is 3. The summed E-state index contributed by atoms with van der Waals surface area (Å²) in [6, 6.07) is 0.188. The normalized spacial score (nSPS) is 23.8. The second-order valence-corrected chi connectivity index (χ2v) is 9.05. The molecule has 4 nitrogen and oxygen atoms in total. The molecule has 0 bridgehead atoms. The van der Waals surface area contributed by atoms with Crippen molar-refractivity contribution in [2.24, 2.45) is 5.92 Å². The quantitative estimate of drug-likeness (QED) is 0.862. The average molecular weight is 360 g/mol. The summed E-state index contributed by atoms with van der Waals surface area (Å²) in [7, 11) is 0. The standard InChI is InChI=1S/C20H29N3OS/c1-13-8-9-15-16(12-13)25-20-17(15)19(24)21-18(22-20)14(2)23-10-6-4-3-5-7-11-23/h13-14H,3-12H2,1-2H3,(H,21,22,24)/t13-,14+/m0/s1. The van der Waals surface area contributed by atoms with Crippen LogP contribution in [0.15, 0.2) is 4.79 Å². The molecule has 1 aliphatic carbocycles. The van der Waals surface area contributed by atoms with Gasteiger partial charge in [0.15, 0.2) is 0 Å². The third kappa shape index (κ3) is 3.41. The van der Waals surface area contributed by atoms with Gasteiger partial charge in [0.1, 0.15) is 10.7 Å². The van der Waals surface area contributed by atoms with Gasteiger partial charge in [0.05, 0.1) is 11.4 Å². The summed E-state index contributed by atoms with van der Waals surface area (Å²) in [5, 5.41) is 0.871. The first-order valence-corrected chi connectivity index (χ1v) is 10.7. The van der Waals surface area contributed by atoms with Crippen molar-refractivity contribution in [1.82, 2.24) is 14.9 Å². The Morgan fingerprint density at radius 3 is 2.68 bits per heavy atom. The van der Waals surface area contributed by atoms with Crippen molar-refractivity contribution in [3.63, 3.8) is 0 Å². The highest BCUT2D eigenvalue weighted by Gasteiger charge is 2.25. The molecule has 1 N–H and O–H groups in total. The molecule has 2 aliphatic rings. The Bertz CT molecular complexity index is 801. The van der Waals surface area contributed by atoms with Crippen molar-refractivity contribution >= 4 is 21.6 Å². The smallest absolute Gasteiger partial charge is 0.259 e. The predicted molar refractivity (Wildman–Crippen MR) is 105 cm³/mol. The van der Waals surface area contributed by atoms with Crippen LogP contribution in [0.1, 0.15) is 74.7 Å². The van der Waals surface area contributed by atoms with E-state index < -0.39 is 0 Å². The van der Waals surface area contributed by atoms with Crippen LogP contribution in [-0.2, 0) is 12.8 Å². The maximum Gasteiger partial charge on any atom is 0.259 e. The topological polar surface area (TPSA) is 49.0 Å². The van der Waals surface area contributed by atoms with Gasteiger partial charge in [0.25, 0.3) is 5.56 Å². The Kier molecular flexibility index (Phi) is 4.96. The Hall–Kier alpha value is -1.20. The van der Waals surface area contributed by atoms with Gasteiger partial charge in [-0.25, -0.2) is 4.98 Å². The van der Waals surface area contributed by atoms with Crippen LogP contribution in [0.3, 0.4) is 0 Å². The van der Waals surface area contributed by atoms with E-state index in [0.29, 0.717) is 0 Å². The molecule has 2 atom stereocenters. The number of aromatic nitrogens is 2. The molecule has 1 saturated heterocycles. The van der Waals surface area contributed by atoms with Crippen molar-refractivity contribution in [1.29, 1.82) is 0 Å². The average Bonchev–Trinajstić information content (AvgIpc) is 2.91. The lowest BCUT2D eigenvalue weighted by Crippen LogP contribution is -2.32. The van der Waals surface area contributed by atoms with E-state index in [-0.39, 0.29) is 11.6 Å². The number of thiophene rings is 1. The number of nitrogens with one attached hydrogen (secondary N) is 1. The van der Waals surface area contributed by atoms with Gasteiger partial charge in [0.2, 0.25) is 0 Å². The molecule has 3 heterocycles. The largest absolute Gasteiger partial charge is 0.309 e. The van der Waals surface area contributed by atoms with Gasteiger partial charge >= 0.3 is 0 Å². The molecule has 0 unspecified atom stereocenters. The zero-order chi connectivity index (χ0) is 17.4. The summed E-state index contributed by atoms with van der Waals surface area (Å²) >= 11 is 1.75. The Morgan fingerprint density at radius 1 is 1.20 bits per heavy atom. The van der Waals surface area contributed by atoms with Crippen LogP contribution in [0.4, 0.5) is 0 Å². The van der Waals surface area contributed by atoms with Crippen LogP contribution < -0.4 is 5.56 Å². The van der Waals surface area contributed by atoms with Gasteiger partial charge in [-0.05, 0) is 63.6 Å². The van der Waals surface area contributed by atoms with E-state index in [4.69, 9.17) is 4.98 Å². The first-order valence-electron chi connectivity index (χ1n) is 9.92. The minimum absolute atomic E-state index is 0.0750. The van der Waals surface area contributed by atoms with E-state index in [0.717, 1.165) is 47.9 Å². The molecule has 25 heavy (non-hydrogen) atoms. The van der Waals surface area contributed by atoms with E-state index in [1.165, 1.54) is 49.0 Å². The highest BCUT2D eigenvalue weighted by molar-refractivity contribution is 7.18. The number of hydrogen-bond donors (Lipinski definition) is 1. The van der Waals surface area contributed by atoms with Crippen molar-refractivity contribution in [2.45, 2.75) is 71.3 Å². The van der Waals surface area contributed by atoms with E-state index >= 15 is 0 Å². The van der Waals surface area contributed by atoms with Crippen molar-refractivity contribution < 1.29 is 0 Å². The third-order valence-electron chi connectivity index (χ3n) is 6.02. The molecular formula is C20H29N3OS. The van der Waals surface area contributed by atoms with Gasteiger partial charge in [-0.3, -0.25) is 9.69 Å². The minimum atomic E-state index is 0.0750. The lowest BCUT2D eigenvalue weighted by molar-refractivity contribution is 0.185. The van der Waals surface area contributed by atoms with Gasteiger partial charge in [-0.2, -0.15) is 0 Å². The molecule has 0 saturated carbocycles. The molecule has 1 fully saturated rings. The number of aromatic amines is 1. The second kappa shape index (κ2) is 7.20. The lowest BCUT2D eigenvalue weighted by atomic mass is 9.89. The first kappa shape index (κ1) is 17.2. The van der Waals surface area contributed by atoms with Crippen LogP contribution in [0.5, 0.6) is 0 Å². The molecule has 0 aromatic carbocycles. The van der Waals surface area contributed by atoms with Crippen molar-refractivity contribution in [3.8, 4) is 0 Å². The van der Waals surface area contributed by atoms with Crippen molar-refractivity contribution in [3.05, 3.63) is 26.6 Å². The predicted octanol–water partition coefficient (Wildman–Crippen LogP) is 4.44. The fourth-order valence-electron chi connectivity index (χ4n) is 4.40. The van der Waals surface area contributed by atoms with E-state index in [9.17, 15) is 4.79 Å². The van der Waals surface area contributed by atoms with E-state index in [2.05, 4.69) is 23.7 Å². The Morgan fingerprint density at radius 2 is 1.92 bits per heavy atom. The number of aryl methyl sites for hydroxylation is 1. The van der Waals surface area contributed by atoms with E-state index in [1.54, 1.807) is 11.3 Å². The summed E-state index contributed by atoms with van der Waals surface area (Å²) < 4.78 is 0. The second-order valence-electron chi connectivity index (χ2n) is 7.96. The summed E-state index contributed by atoms with van der Waals surface area (Å²) in [5.74, 6) is 1.57. The molecule has 0 radical (unpaired) electrons. The third-order valence-corrected chi connectivity index (χ3v) is 7.17. The summed E-state index contributed by atoms with van der Waals surface area (Å²) in [5.41, 5.74) is 1.35. The molecule has 4 rings (SSSR count). The number of likely N-dealkylation sites (tertiary alicyclic amines) is 1. The molecular weight excluding hydrogens is 330 g/mol. The van der Waals surface area contributed by atoms with Gasteiger partial charge in [-0.1, -0.05) is 26.2 Å². The van der Waals surface area contributed by atoms with E-state index in [1.807, 2.05) is 0 Å². The number of nitrogens with zero attached hydrogens (tertiary/aromatic N) is 2. The zero-order valence-corrected chi connectivity index (χ0v) is 16.3. The molecule has 0 spiro atoms. The SMILES string of the molecule is C[C@H]1CCc2c(sc3nc([C@@H](C)N4CCCCCCC4)[nH]c(=O)c23)C1. The molecule has 5 heteroatoms. The summed E-state index contributed by atoms with van der Waals surface area (Å²) in [6.07, 6.45) is 9.83. The lowest BCUT2D eigenvalue weighted by Gasteiger charge is -2.29. The molecule has 2 aromatic rings. The molecule has 2 aromatic heterocycles.